The highest BCUT2D eigenvalue weighted by atomic mass is 19.4. The molecule has 0 unspecified atom stereocenters. The molecule has 1 atom stereocenters. The van der Waals surface area contributed by atoms with Gasteiger partial charge in [0.1, 0.15) is 0 Å². The van der Waals surface area contributed by atoms with Gasteiger partial charge in [-0.1, -0.05) is 12.1 Å². The van der Waals surface area contributed by atoms with Gasteiger partial charge in [0.05, 0.1) is 17.3 Å². The lowest BCUT2D eigenvalue weighted by Crippen LogP contribution is -2.31. The van der Waals surface area contributed by atoms with Crippen molar-refractivity contribution in [3.63, 3.8) is 0 Å². The molecular formula is C21H20F3N5O. The molecule has 0 fully saturated rings. The van der Waals surface area contributed by atoms with Gasteiger partial charge in [-0.05, 0) is 49.2 Å². The van der Waals surface area contributed by atoms with Crippen LogP contribution in [-0.2, 0) is 12.6 Å². The molecule has 0 aliphatic heterocycles. The van der Waals surface area contributed by atoms with Gasteiger partial charge in [0.25, 0.3) is 6.01 Å². The Labute approximate surface area is 170 Å². The Kier molecular flexibility index (Phi) is 5.21. The fourth-order valence-electron chi connectivity index (χ4n) is 3.20. The number of aromatic nitrogens is 3. The van der Waals surface area contributed by atoms with Crippen LogP contribution in [0.3, 0.4) is 0 Å². The van der Waals surface area contributed by atoms with Crippen molar-refractivity contribution >= 4 is 16.9 Å². The van der Waals surface area contributed by atoms with Gasteiger partial charge in [-0.25, -0.2) is 4.98 Å². The van der Waals surface area contributed by atoms with Crippen molar-refractivity contribution in [2.24, 2.45) is 5.73 Å². The standard InChI is InChI=1S/C21H20F3N5O/c1-12-17-9-14(4-7-18(17)29-28-12)19-11-27-20(30-19)26-10-16(25)8-13-2-5-15(6-3-13)21(22,23)24/h2-7,9,11,16H,8,10,25H2,1H3,(H,26,27)(H,28,29)/t16-/m1/s1. The zero-order valence-corrected chi connectivity index (χ0v) is 16.1. The topological polar surface area (TPSA) is 92.8 Å². The van der Waals surface area contributed by atoms with Crippen LogP contribution in [0.1, 0.15) is 16.8 Å². The lowest BCUT2D eigenvalue weighted by atomic mass is 10.0. The maximum absolute atomic E-state index is 12.6. The van der Waals surface area contributed by atoms with Gasteiger partial charge in [-0.2, -0.15) is 18.3 Å². The molecule has 0 spiro atoms. The molecule has 0 radical (unpaired) electrons. The van der Waals surface area contributed by atoms with Gasteiger partial charge < -0.3 is 15.5 Å². The number of nitrogens with one attached hydrogen (secondary N) is 2. The fourth-order valence-corrected chi connectivity index (χ4v) is 3.20. The number of hydrogen-bond acceptors (Lipinski definition) is 5. The Balaban J connectivity index is 1.36. The number of hydrogen-bond donors (Lipinski definition) is 3. The molecule has 6 nitrogen and oxygen atoms in total. The van der Waals surface area contributed by atoms with Crippen LogP contribution >= 0.6 is 0 Å². The van der Waals surface area contributed by atoms with E-state index in [1.54, 1.807) is 6.20 Å². The smallest absolute Gasteiger partial charge is 0.416 e. The number of aromatic amines is 1. The molecule has 0 aliphatic carbocycles. The van der Waals surface area contributed by atoms with E-state index < -0.39 is 11.7 Å². The third-order valence-corrected chi connectivity index (χ3v) is 4.83. The van der Waals surface area contributed by atoms with Gasteiger partial charge in [-0.15, -0.1) is 0 Å². The molecule has 0 saturated heterocycles. The van der Waals surface area contributed by atoms with Crippen LogP contribution in [0.15, 0.2) is 53.1 Å². The number of aryl methyl sites for hydroxylation is 1. The van der Waals surface area contributed by atoms with Gasteiger partial charge in [0.2, 0.25) is 0 Å². The summed E-state index contributed by atoms with van der Waals surface area (Å²) in [6, 6.07) is 10.8. The van der Waals surface area contributed by atoms with E-state index in [4.69, 9.17) is 10.2 Å². The van der Waals surface area contributed by atoms with E-state index in [1.807, 2.05) is 25.1 Å². The van der Waals surface area contributed by atoms with Crippen LogP contribution in [0.5, 0.6) is 0 Å². The van der Waals surface area contributed by atoms with E-state index in [0.717, 1.165) is 39.9 Å². The molecule has 0 amide bonds. The number of rotatable bonds is 6. The van der Waals surface area contributed by atoms with Gasteiger partial charge in [-0.3, -0.25) is 5.10 Å². The van der Waals surface area contributed by atoms with Gasteiger partial charge in [0.15, 0.2) is 5.76 Å². The highest BCUT2D eigenvalue weighted by molar-refractivity contribution is 5.85. The first-order chi connectivity index (χ1) is 14.3. The molecule has 2 aromatic carbocycles. The zero-order valence-electron chi connectivity index (χ0n) is 16.1. The highest BCUT2D eigenvalue weighted by Gasteiger charge is 2.29. The predicted octanol–water partition coefficient (Wildman–Crippen LogP) is 4.53. The van der Waals surface area contributed by atoms with E-state index in [0.29, 0.717) is 24.7 Å². The molecule has 0 saturated carbocycles. The van der Waals surface area contributed by atoms with E-state index in [2.05, 4.69) is 20.5 Å². The van der Waals surface area contributed by atoms with Crippen LogP contribution in [0.4, 0.5) is 19.2 Å². The minimum absolute atomic E-state index is 0.318. The van der Waals surface area contributed by atoms with Crippen molar-refractivity contribution in [1.82, 2.24) is 15.2 Å². The summed E-state index contributed by atoms with van der Waals surface area (Å²) in [4.78, 5) is 4.22. The lowest BCUT2D eigenvalue weighted by Gasteiger charge is -2.13. The normalized spacial score (nSPS) is 13.0. The molecule has 4 aromatic rings. The number of benzene rings is 2. The highest BCUT2D eigenvalue weighted by Crippen LogP contribution is 2.29. The number of oxazole rings is 1. The number of nitrogens with zero attached hydrogens (tertiary/aromatic N) is 2. The van der Waals surface area contributed by atoms with Crippen molar-refractivity contribution in [1.29, 1.82) is 0 Å². The maximum Gasteiger partial charge on any atom is 0.416 e. The van der Waals surface area contributed by atoms with Crippen molar-refractivity contribution in [2.45, 2.75) is 25.6 Å². The summed E-state index contributed by atoms with van der Waals surface area (Å²) in [7, 11) is 0. The predicted molar refractivity (Wildman–Crippen MR) is 108 cm³/mol. The maximum atomic E-state index is 12.6. The molecule has 0 aliphatic rings. The molecule has 4 rings (SSSR count). The van der Waals surface area contributed by atoms with E-state index in [-0.39, 0.29) is 6.04 Å². The average molecular weight is 415 g/mol. The summed E-state index contributed by atoms with van der Waals surface area (Å²) in [5.41, 5.74) is 8.88. The molecule has 0 bridgehead atoms. The second kappa shape index (κ2) is 7.83. The number of alkyl halides is 3. The van der Waals surface area contributed by atoms with Crippen LogP contribution in [0.2, 0.25) is 0 Å². The lowest BCUT2D eigenvalue weighted by molar-refractivity contribution is -0.137. The van der Waals surface area contributed by atoms with Crippen molar-refractivity contribution < 1.29 is 17.6 Å². The number of fused-ring (bicyclic) bond motifs is 1. The van der Waals surface area contributed by atoms with Crippen molar-refractivity contribution in [2.75, 3.05) is 11.9 Å². The molecule has 156 valence electrons. The third-order valence-electron chi connectivity index (χ3n) is 4.83. The number of nitrogens with two attached hydrogens (primary N) is 1. The number of H-pyrrole nitrogens is 1. The van der Waals surface area contributed by atoms with Crippen molar-refractivity contribution in [3.05, 3.63) is 65.5 Å². The van der Waals surface area contributed by atoms with Gasteiger partial charge in [0, 0.05) is 29.2 Å². The molecular weight excluding hydrogens is 395 g/mol. The Bertz CT molecular complexity index is 1150. The monoisotopic (exact) mass is 415 g/mol. The molecule has 9 heteroatoms. The minimum Gasteiger partial charge on any atom is -0.424 e. The van der Waals surface area contributed by atoms with Crippen LogP contribution in [-0.4, -0.2) is 27.8 Å². The second-order valence-electron chi connectivity index (χ2n) is 7.15. The zero-order chi connectivity index (χ0) is 21.3. The summed E-state index contributed by atoms with van der Waals surface area (Å²) in [6.07, 6.45) is -2.29. The Morgan fingerprint density at radius 3 is 2.67 bits per heavy atom. The molecule has 30 heavy (non-hydrogen) atoms. The summed E-state index contributed by atoms with van der Waals surface area (Å²) >= 11 is 0. The molecule has 2 aromatic heterocycles. The quantitative estimate of drug-likeness (QED) is 0.430. The van der Waals surface area contributed by atoms with Crippen LogP contribution < -0.4 is 11.1 Å². The first-order valence-corrected chi connectivity index (χ1v) is 9.36. The average Bonchev–Trinajstić information content (AvgIpc) is 3.33. The van der Waals surface area contributed by atoms with Crippen LogP contribution in [0, 0.1) is 6.92 Å². The first kappa shape index (κ1) is 20.0. The largest absolute Gasteiger partial charge is 0.424 e. The van der Waals surface area contributed by atoms with E-state index in [1.165, 1.54) is 12.1 Å². The second-order valence-corrected chi connectivity index (χ2v) is 7.15. The third kappa shape index (κ3) is 4.30. The fraction of sp³-hybridized carbons (Fsp3) is 0.238. The first-order valence-electron chi connectivity index (χ1n) is 9.36. The van der Waals surface area contributed by atoms with Crippen LogP contribution in [0.25, 0.3) is 22.2 Å². The Hall–Kier alpha value is -3.33. The molecule has 2 heterocycles. The summed E-state index contributed by atoms with van der Waals surface area (Å²) in [5, 5.41) is 11.2. The Morgan fingerprint density at radius 2 is 1.93 bits per heavy atom. The van der Waals surface area contributed by atoms with E-state index >= 15 is 0 Å². The van der Waals surface area contributed by atoms with E-state index in [9.17, 15) is 13.2 Å². The summed E-state index contributed by atoms with van der Waals surface area (Å²) < 4.78 is 43.7. The SMILES string of the molecule is Cc1[nH]nc2ccc(-c3cnc(NC[C@H](N)Cc4ccc(C(F)(F)F)cc4)o3)cc12. The number of anilines is 1. The summed E-state index contributed by atoms with van der Waals surface area (Å²) in [5.74, 6) is 0.608. The Morgan fingerprint density at radius 1 is 1.17 bits per heavy atom. The molecule has 4 N–H and O–H groups in total. The minimum atomic E-state index is -4.34. The van der Waals surface area contributed by atoms with Crippen molar-refractivity contribution in [3.8, 4) is 11.3 Å². The van der Waals surface area contributed by atoms with Gasteiger partial charge >= 0.3 is 6.18 Å². The summed E-state index contributed by atoms with van der Waals surface area (Å²) in [6.45, 7) is 2.31. The number of halogens is 3.